The summed E-state index contributed by atoms with van der Waals surface area (Å²) in [4.78, 5) is 12.8. The van der Waals surface area contributed by atoms with Crippen LogP contribution in [-0.4, -0.2) is 22.4 Å². The summed E-state index contributed by atoms with van der Waals surface area (Å²) in [7, 11) is 0. The molecular weight excluding hydrogens is 384 g/mol. The van der Waals surface area contributed by atoms with Gasteiger partial charge in [0.05, 0.1) is 6.10 Å². The van der Waals surface area contributed by atoms with Gasteiger partial charge in [-0.25, -0.2) is 9.78 Å². The van der Waals surface area contributed by atoms with Crippen LogP contribution in [0.2, 0.25) is 0 Å². The summed E-state index contributed by atoms with van der Waals surface area (Å²) >= 11 is 0. The van der Waals surface area contributed by atoms with Gasteiger partial charge in [0.25, 0.3) is 0 Å². The molecule has 2 bridgehead atoms. The van der Waals surface area contributed by atoms with Crippen LogP contribution in [0.1, 0.15) is 99.3 Å². The minimum Gasteiger partial charge on any atom is -0.393 e. The number of fused-ring (bicyclic) bond motifs is 2. The first-order chi connectivity index (χ1) is 14.6. The van der Waals surface area contributed by atoms with E-state index < -0.39 is 5.60 Å². The first-order valence-corrected chi connectivity index (χ1v) is 13.3. The molecule has 0 radical (unpaired) electrons. The van der Waals surface area contributed by atoms with Crippen LogP contribution >= 0.6 is 0 Å². The molecule has 10 atom stereocenters. The molecule has 6 aliphatic rings. The number of hydrogen-bond donors (Lipinski definition) is 1. The van der Waals surface area contributed by atoms with Crippen LogP contribution in [0.15, 0.2) is 12.2 Å². The van der Waals surface area contributed by atoms with Gasteiger partial charge in [0, 0.05) is 23.7 Å². The maximum atomic E-state index is 10.4. The quantitative estimate of drug-likeness (QED) is 0.390. The summed E-state index contributed by atoms with van der Waals surface area (Å²) < 4.78 is 0. The zero-order chi connectivity index (χ0) is 22.2. The van der Waals surface area contributed by atoms with Crippen molar-refractivity contribution in [2.45, 2.75) is 117 Å². The third kappa shape index (κ3) is 2.94. The zero-order valence-electron chi connectivity index (χ0n) is 20.8. The molecule has 0 amide bonds. The van der Waals surface area contributed by atoms with Gasteiger partial charge in [0.1, 0.15) is 11.2 Å². The fourth-order valence-electron chi connectivity index (χ4n) is 9.14. The van der Waals surface area contributed by atoms with Crippen molar-refractivity contribution >= 4 is 0 Å². The predicted octanol–water partition coefficient (Wildman–Crippen LogP) is 6.70. The second kappa shape index (κ2) is 7.31. The van der Waals surface area contributed by atoms with E-state index in [0.29, 0.717) is 23.7 Å². The van der Waals surface area contributed by atoms with E-state index in [1.807, 2.05) is 0 Å². The molecule has 3 heteroatoms. The second-order valence-corrected chi connectivity index (χ2v) is 13.2. The van der Waals surface area contributed by atoms with Crippen LogP contribution < -0.4 is 0 Å². The average Bonchev–Trinajstić information content (AvgIpc) is 3.09. The molecule has 1 N–H and O–H groups in total. The van der Waals surface area contributed by atoms with E-state index in [1.165, 1.54) is 38.5 Å². The summed E-state index contributed by atoms with van der Waals surface area (Å²) in [5, 5.41) is 10.4. The zero-order valence-corrected chi connectivity index (χ0v) is 20.8. The molecule has 3 saturated carbocycles. The molecule has 4 fully saturated rings. The predicted molar refractivity (Wildman–Crippen MR) is 124 cm³/mol. The Morgan fingerprint density at radius 2 is 1.68 bits per heavy atom. The first-order valence-electron chi connectivity index (χ1n) is 13.3. The SMILES string of the molecule is CC(C)[C@H](C)CC[C@@H](C)[C@H]1CC[C@@H]2[C@]1(C)CC[C@H]1[C@]23C=C[C@]2(C[C@@H](O)CC[C@]12C)OO3. The summed E-state index contributed by atoms with van der Waals surface area (Å²) in [6, 6.07) is 0. The molecule has 2 spiro atoms. The van der Waals surface area contributed by atoms with Crippen molar-refractivity contribution in [3.05, 3.63) is 12.2 Å². The lowest BCUT2D eigenvalue weighted by Gasteiger charge is -2.69. The Bertz CT molecular complexity index is 732. The third-order valence-corrected chi connectivity index (χ3v) is 11.6. The van der Waals surface area contributed by atoms with E-state index in [2.05, 4.69) is 53.7 Å². The van der Waals surface area contributed by atoms with Gasteiger partial charge < -0.3 is 5.11 Å². The van der Waals surface area contributed by atoms with Gasteiger partial charge in [-0.1, -0.05) is 60.5 Å². The minimum absolute atomic E-state index is 0.0803. The van der Waals surface area contributed by atoms with Crippen molar-refractivity contribution < 1.29 is 14.9 Å². The Labute approximate surface area is 190 Å². The van der Waals surface area contributed by atoms with Gasteiger partial charge >= 0.3 is 0 Å². The topological polar surface area (TPSA) is 38.7 Å². The summed E-state index contributed by atoms with van der Waals surface area (Å²) in [5.41, 5.74) is -0.266. The minimum atomic E-state index is -0.427. The smallest absolute Gasteiger partial charge is 0.130 e. The van der Waals surface area contributed by atoms with Crippen LogP contribution in [-0.2, 0) is 9.78 Å². The Kier molecular flexibility index (Phi) is 5.28. The highest BCUT2D eigenvalue weighted by Gasteiger charge is 2.74. The molecule has 31 heavy (non-hydrogen) atoms. The van der Waals surface area contributed by atoms with Gasteiger partial charge in [-0.3, -0.25) is 0 Å². The number of aliphatic hydroxyl groups is 1. The van der Waals surface area contributed by atoms with Crippen molar-refractivity contribution in [3.63, 3.8) is 0 Å². The molecule has 3 nitrogen and oxygen atoms in total. The summed E-state index contributed by atoms with van der Waals surface area (Å²) in [5.74, 6) is 4.22. The number of hydrogen-bond acceptors (Lipinski definition) is 3. The normalized spacial score (nSPS) is 52.5. The van der Waals surface area contributed by atoms with E-state index in [-0.39, 0.29) is 17.1 Å². The molecule has 0 aromatic rings. The maximum absolute atomic E-state index is 10.4. The molecule has 4 aliphatic carbocycles. The lowest BCUT2D eigenvalue weighted by molar-refractivity contribution is -0.497. The molecule has 176 valence electrons. The summed E-state index contributed by atoms with van der Waals surface area (Å²) in [6.45, 7) is 14.7. The van der Waals surface area contributed by atoms with Gasteiger partial charge in [-0.05, 0) is 73.7 Å². The molecule has 2 aliphatic heterocycles. The molecule has 0 unspecified atom stereocenters. The van der Waals surface area contributed by atoms with Crippen molar-refractivity contribution in [2.75, 3.05) is 0 Å². The van der Waals surface area contributed by atoms with E-state index in [0.717, 1.165) is 36.5 Å². The van der Waals surface area contributed by atoms with Gasteiger partial charge in [-0.2, -0.15) is 0 Å². The van der Waals surface area contributed by atoms with Crippen molar-refractivity contribution in [1.82, 2.24) is 0 Å². The Morgan fingerprint density at radius 3 is 2.35 bits per heavy atom. The Hall–Kier alpha value is -0.380. The molecule has 0 aromatic carbocycles. The van der Waals surface area contributed by atoms with Crippen LogP contribution in [0.3, 0.4) is 0 Å². The van der Waals surface area contributed by atoms with Crippen molar-refractivity contribution in [1.29, 1.82) is 0 Å². The van der Waals surface area contributed by atoms with E-state index >= 15 is 0 Å². The maximum Gasteiger partial charge on any atom is 0.130 e. The molecule has 6 rings (SSSR count). The van der Waals surface area contributed by atoms with E-state index in [9.17, 15) is 5.11 Å². The highest BCUT2D eigenvalue weighted by molar-refractivity contribution is 5.33. The van der Waals surface area contributed by atoms with Crippen molar-refractivity contribution in [2.24, 2.45) is 46.3 Å². The van der Waals surface area contributed by atoms with E-state index in [4.69, 9.17) is 9.78 Å². The largest absolute Gasteiger partial charge is 0.393 e. The highest BCUT2D eigenvalue weighted by atomic mass is 17.2. The Balaban J connectivity index is 1.41. The first kappa shape index (κ1) is 22.4. The highest BCUT2D eigenvalue weighted by Crippen LogP contribution is 2.72. The van der Waals surface area contributed by atoms with Gasteiger partial charge in [0.15, 0.2) is 0 Å². The average molecular weight is 431 g/mol. The number of aliphatic hydroxyl groups excluding tert-OH is 1. The standard InChI is InChI=1S/C28H46O3/c1-18(2)19(3)7-8-20(4)22-9-10-23-25(22,5)13-12-24-26(6)14-11-21(29)17-27(26)15-16-28(23,24)31-30-27/h15-16,18-24,29H,7-14,17H2,1-6H3/t19-,20-,21+,22-,23-,24-,25-,26-,27-,28+/m1/s1. The number of rotatable bonds is 5. The summed E-state index contributed by atoms with van der Waals surface area (Å²) in [6.07, 6.45) is 15.0. The second-order valence-electron chi connectivity index (χ2n) is 13.2. The van der Waals surface area contributed by atoms with Gasteiger partial charge in [-0.15, -0.1) is 0 Å². The van der Waals surface area contributed by atoms with Crippen molar-refractivity contribution in [3.8, 4) is 0 Å². The lowest BCUT2D eigenvalue weighted by Crippen LogP contribution is -2.73. The van der Waals surface area contributed by atoms with E-state index in [1.54, 1.807) is 0 Å². The van der Waals surface area contributed by atoms with Crippen LogP contribution in [0.4, 0.5) is 0 Å². The lowest BCUT2D eigenvalue weighted by atomic mass is 9.42. The molecular formula is C28H46O3. The van der Waals surface area contributed by atoms with Gasteiger partial charge in [0.2, 0.25) is 0 Å². The van der Waals surface area contributed by atoms with Crippen LogP contribution in [0, 0.1) is 46.3 Å². The fourth-order valence-corrected chi connectivity index (χ4v) is 9.14. The monoisotopic (exact) mass is 430 g/mol. The van der Waals surface area contributed by atoms with Crippen LogP contribution in [0.5, 0.6) is 0 Å². The third-order valence-electron chi connectivity index (χ3n) is 11.6. The molecule has 0 aromatic heterocycles. The Morgan fingerprint density at radius 1 is 0.903 bits per heavy atom. The fraction of sp³-hybridized carbons (Fsp3) is 0.929. The molecule has 2 heterocycles. The molecule has 1 saturated heterocycles. The van der Waals surface area contributed by atoms with Crippen LogP contribution in [0.25, 0.3) is 0 Å².